The molecule has 4 atom stereocenters. The van der Waals surface area contributed by atoms with Gasteiger partial charge in [0.15, 0.2) is 11.3 Å². The first-order valence-electron chi connectivity index (χ1n) is 16.0. The lowest BCUT2D eigenvalue weighted by Crippen LogP contribution is -2.42. The summed E-state index contributed by atoms with van der Waals surface area (Å²) in [4.78, 5) is 30.5. The summed E-state index contributed by atoms with van der Waals surface area (Å²) in [7, 11) is 0. The molecule has 2 bridgehead atoms. The van der Waals surface area contributed by atoms with Crippen molar-refractivity contribution in [3.05, 3.63) is 71.0 Å². The highest BCUT2D eigenvalue weighted by Gasteiger charge is 2.65. The van der Waals surface area contributed by atoms with Crippen molar-refractivity contribution in [3.63, 3.8) is 0 Å². The van der Waals surface area contributed by atoms with Gasteiger partial charge in [0, 0.05) is 30.9 Å². The Bertz CT molecular complexity index is 1840. The van der Waals surface area contributed by atoms with E-state index in [4.69, 9.17) is 9.47 Å². The maximum absolute atomic E-state index is 13.4. The van der Waals surface area contributed by atoms with E-state index < -0.39 is 23.0 Å². The summed E-state index contributed by atoms with van der Waals surface area (Å²) in [5.74, 6) is -1.13. The van der Waals surface area contributed by atoms with Crippen LogP contribution in [-0.2, 0) is 19.1 Å². The molecule has 0 spiro atoms. The summed E-state index contributed by atoms with van der Waals surface area (Å²) in [5, 5.41) is 30.8. The zero-order valence-electron chi connectivity index (χ0n) is 26.7. The Kier molecular flexibility index (Phi) is 7.97. The van der Waals surface area contributed by atoms with Crippen molar-refractivity contribution in [1.29, 1.82) is 15.8 Å². The van der Waals surface area contributed by atoms with Gasteiger partial charge >= 0.3 is 0 Å². The van der Waals surface area contributed by atoms with E-state index in [1.165, 1.54) is 4.90 Å². The molecular weight excluding hydrogens is 578 g/mol. The van der Waals surface area contributed by atoms with E-state index in [1.54, 1.807) is 0 Å². The fourth-order valence-corrected chi connectivity index (χ4v) is 7.51. The van der Waals surface area contributed by atoms with Crippen LogP contribution in [0.25, 0.3) is 16.3 Å². The third kappa shape index (κ3) is 5.04. The number of unbranched alkanes of at least 4 members (excludes halogenated alkanes) is 3. The molecule has 9 nitrogen and oxygen atoms in total. The molecule has 234 valence electrons. The van der Waals surface area contributed by atoms with Gasteiger partial charge in [-0.15, -0.1) is 0 Å². The normalized spacial score (nSPS) is 25.5. The zero-order chi connectivity index (χ0) is 32.8. The minimum absolute atomic E-state index is 0.0193. The number of allylic oxidation sites excluding steroid dienone is 2. The first kappa shape index (κ1) is 31.1. The fraction of sp³-hybridized carbons (Fsp3) is 0.432. The molecule has 2 saturated heterocycles. The molecule has 46 heavy (non-hydrogen) atoms. The van der Waals surface area contributed by atoms with Crippen LogP contribution in [0.1, 0.15) is 58.9 Å². The Hall–Kier alpha value is -4.91. The molecule has 0 saturated carbocycles. The van der Waals surface area contributed by atoms with Gasteiger partial charge in [0.25, 0.3) is 0 Å². The summed E-state index contributed by atoms with van der Waals surface area (Å²) in [6.07, 6.45) is 7.90. The molecule has 2 aromatic carbocycles. The molecule has 4 aliphatic rings. The third-order valence-electron chi connectivity index (χ3n) is 9.77. The van der Waals surface area contributed by atoms with Crippen LogP contribution in [0.4, 0.5) is 5.69 Å². The van der Waals surface area contributed by atoms with Gasteiger partial charge in [0.2, 0.25) is 11.8 Å². The van der Waals surface area contributed by atoms with Crippen molar-refractivity contribution < 1.29 is 19.1 Å². The monoisotopic (exact) mass is 615 g/mol. The van der Waals surface area contributed by atoms with Gasteiger partial charge in [-0.25, -0.2) is 0 Å². The van der Waals surface area contributed by atoms with Crippen LogP contribution in [0.3, 0.4) is 0 Å². The topological polar surface area (TPSA) is 130 Å². The molecule has 2 aromatic rings. The van der Waals surface area contributed by atoms with Crippen molar-refractivity contribution in [2.24, 2.45) is 11.8 Å². The summed E-state index contributed by atoms with van der Waals surface area (Å²) in [6.45, 7) is 9.37. The molecule has 4 aliphatic heterocycles. The van der Waals surface area contributed by atoms with Crippen molar-refractivity contribution in [3.8, 4) is 18.2 Å². The van der Waals surface area contributed by atoms with E-state index in [0.29, 0.717) is 18.7 Å². The molecule has 4 unspecified atom stereocenters. The first-order chi connectivity index (χ1) is 22.1. The molecule has 0 aliphatic carbocycles. The number of hydrogen-bond acceptors (Lipinski definition) is 8. The van der Waals surface area contributed by atoms with E-state index in [1.807, 2.05) is 69.3 Å². The van der Waals surface area contributed by atoms with E-state index in [0.717, 1.165) is 54.3 Å². The maximum Gasteiger partial charge on any atom is 0.236 e. The lowest BCUT2D eigenvalue weighted by Gasteiger charge is -2.29. The molecule has 0 aromatic heterocycles. The van der Waals surface area contributed by atoms with Crippen LogP contribution in [-0.4, -0.2) is 53.7 Å². The molecule has 6 rings (SSSR count). The van der Waals surface area contributed by atoms with Gasteiger partial charge < -0.3 is 14.4 Å². The second kappa shape index (κ2) is 11.8. The van der Waals surface area contributed by atoms with E-state index in [-0.39, 0.29) is 34.8 Å². The van der Waals surface area contributed by atoms with Crippen LogP contribution in [0.5, 0.6) is 0 Å². The first-order valence-corrected chi connectivity index (χ1v) is 16.0. The minimum Gasteiger partial charge on any atom is -0.480 e. The minimum atomic E-state index is -0.912. The Morgan fingerprint density at radius 3 is 2.39 bits per heavy atom. The Morgan fingerprint density at radius 2 is 1.70 bits per heavy atom. The Labute approximate surface area is 269 Å². The van der Waals surface area contributed by atoms with Gasteiger partial charge in [-0.05, 0) is 61.7 Å². The van der Waals surface area contributed by atoms with Crippen molar-refractivity contribution in [2.75, 3.05) is 24.5 Å². The number of ether oxygens (including phenoxy) is 2. The average Bonchev–Trinajstić information content (AvgIpc) is 3.73. The van der Waals surface area contributed by atoms with Crippen molar-refractivity contribution >= 4 is 33.8 Å². The van der Waals surface area contributed by atoms with E-state index >= 15 is 0 Å². The van der Waals surface area contributed by atoms with Crippen molar-refractivity contribution in [1.82, 2.24) is 4.90 Å². The number of hydrogen-bond donors (Lipinski definition) is 0. The number of nitriles is 3. The van der Waals surface area contributed by atoms with Crippen LogP contribution >= 0.6 is 0 Å². The SMILES string of the molecule is CCCCCCN(CCN1C(=O)C2C3C=CC(C)(O3)C2C1=O)c1ccc2cc(C3=C(C#N)C(=C(C#N)C#N)OC3(C)C)ccc2c1. The van der Waals surface area contributed by atoms with Crippen LogP contribution in [0, 0.1) is 45.8 Å². The average molecular weight is 616 g/mol. The molecular formula is C37H37N5O4. The Balaban J connectivity index is 1.27. The van der Waals surface area contributed by atoms with E-state index in [9.17, 15) is 25.4 Å². The Morgan fingerprint density at radius 1 is 0.957 bits per heavy atom. The molecule has 2 fully saturated rings. The molecule has 0 radical (unpaired) electrons. The number of imide groups is 1. The van der Waals surface area contributed by atoms with Crippen LogP contribution < -0.4 is 4.90 Å². The highest BCUT2D eigenvalue weighted by atomic mass is 16.5. The predicted octanol–water partition coefficient (Wildman–Crippen LogP) is 5.94. The van der Waals surface area contributed by atoms with E-state index in [2.05, 4.69) is 30.0 Å². The summed E-state index contributed by atoms with van der Waals surface area (Å²) in [5.41, 5.74) is 0.763. The lowest BCUT2D eigenvalue weighted by atomic mass is 9.78. The lowest BCUT2D eigenvalue weighted by molar-refractivity contribution is -0.143. The molecule has 0 N–H and O–H groups in total. The number of benzene rings is 2. The van der Waals surface area contributed by atoms with Gasteiger partial charge in [0.05, 0.1) is 23.5 Å². The number of carbonyl (C=O) groups is 2. The molecule has 2 amide bonds. The maximum atomic E-state index is 13.4. The van der Waals surface area contributed by atoms with Gasteiger partial charge in [-0.2, -0.15) is 15.8 Å². The zero-order valence-corrected chi connectivity index (χ0v) is 26.7. The summed E-state index contributed by atoms with van der Waals surface area (Å²) >= 11 is 0. The largest absolute Gasteiger partial charge is 0.480 e. The summed E-state index contributed by atoms with van der Waals surface area (Å²) in [6, 6.07) is 18.0. The number of nitrogens with zero attached hydrogens (tertiary/aromatic N) is 5. The number of rotatable bonds is 10. The van der Waals surface area contributed by atoms with Gasteiger partial charge in [-0.1, -0.05) is 56.5 Å². The number of carbonyl (C=O) groups excluding carboxylic acids is 2. The smallest absolute Gasteiger partial charge is 0.236 e. The fourth-order valence-electron chi connectivity index (χ4n) is 7.51. The number of likely N-dealkylation sites (tertiary alicyclic amines) is 1. The van der Waals surface area contributed by atoms with Crippen LogP contribution in [0.2, 0.25) is 0 Å². The number of fused-ring (bicyclic) bond motifs is 6. The van der Waals surface area contributed by atoms with Crippen molar-refractivity contribution in [2.45, 2.75) is 70.7 Å². The van der Waals surface area contributed by atoms with Gasteiger partial charge in [0.1, 0.15) is 29.4 Å². The third-order valence-corrected chi connectivity index (χ3v) is 9.77. The van der Waals surface area contributed by atoms with Crippen LogP contribution in [0.15, 0.2) is 65.5 Å². The highest BCUT2D eigenvalue weighted by Crippen LogP contribution is 2.51. The highest BCUT2D eigenvalue weighted by molar-refractivity contribution is 6.07. The molecule has 4 heterocycles. The van der Waals surface area contributed by atoms with Gasteiger partial charge in [-0.3, -0.25) is 14.5 Å². The summed E-state index contributed by atoms with van der Waals surface area (Å²) < 4.78 is 12.0. The molecule has 9 heteroatoms. The number of amides is 2. The quantitative estimate of drug-likeness (QED) is 0.139. The number of anilines is 1. The predicted molar refractivity (Wildman–Crippen MR) is 172 cm³/mol. The standard InChI is InChI=1S/C37H37N5O4/c1-5-6-7-8-15-41(16-17-42-34(43)30-29-13-14-37(4,45-29)32(30)35(42)44)27-12-11-23-18-25(10-9-24(23)19-27)31-28(22-40)33(26(20-38)21-39)46-36(31,2)3/h9-14,18-19,29-30,32H,5-8,15-17H2,1-4H3. The second-order valence-corrected chi connectivity index (χ2v) is 13.2. The second-order valence-electron chi connectivity index (χ2n) is 13.2.